The van der Waals surface area contributed by atoms with Crippen LogP contribution in [-0.4, -0.2) is 61.4 Å². The molecule has 1 saturated heterocycles. The Hall–Kier alpha value is -2.73. The number of aryl methyl sites for hydroxylation is 1. The van der Waals surface area contributed by atoms with Crippen LogP contribution in [0.25, 0.3) is 0 Å². The van der Waals surface area contributed by atoms with Gasteiger partial charge in [-0.15, -0.1) is 0 Å². The van der Waals surface area contributed by atoms with Gasteiger partial charge in [-0.1, -0.05) is 25.1 Å². The van der Waals surface area contributed by atoms with Crippen molar-refractivity contribution in [1.82, 2.24) is 4.90 Å². The predicted octanol–water partition coefficient (Wildman–Crippen LogP) is 2.91. The zero-order chi connectivity index (χ0) is 19.5. The minimum atomic E-state index is -0.862. The Kier molecular flexibility index (Phi) is 5.39. The second-order valence-corrected chi connectivity index (χ2v) is 7.30. The Balaban J connectivity index is 1.36. The summed E-state index contributed by atoms with van der Waals surface area (Å²) in [6.07, 6.45) is 0.848. The number of hydrogen-bond donors (Lipinski definition) is 1. The average Bonchev–Trinajstić information content (AvgIpc) is 2.74. The number of benzene rings is 2. The average molecular weight is 382 g/mol. The normalized spacial score (nSPS) is 19.5. The molecule has 4 rings (SSSR count). The summed E-state index contributed by atoms with van der Waals surface area (Å²) in [4.78, 5) is 16.2. The highest BCUT2D eigenvalue weighted by Gasteiger charge is 2.26. The van der Waals surface area contributed by atoms with Crippen LogP contribution < -0.4 is 14.4 Å². The molecule has 0 amide bonds. The second kappa shape index (κ2) is 8.10. The lowest BCUT2D eigenvalue weighted by Gasteiger charge is -2.38. The van der Waals surface area contributed by atoms with Crippen LogP contribution in [0, 0.1) is 0 Å². The molecule has 2 aromatic carbocycles. The van der Waals surface area contributed by atoms with Crippen molar-refractivity contribution in [2.24, 2.45) is 0 Å². The van der Waals surface area contributed by atoms with Gasteiger partial charge in [-0.2, -0.15) is 0 Å². The number of anilines is 1. The van der Waals surface area contributed by atoms with E-state index >= 15 is 0 Å². The van der Waals surface area contributed by atoms with E-state index in [1.54, 1.807) is 6.07 Å². The van der Waals surface area contributed by atoms with Gasteiger partial charge < -0.3 is 19.5 Å². The van der Waals surface area contributed by atoms with E-state index in [2.05, 4.69) is 9.80 Å². The Morgan fingerprint density at radius 3 is 2.57 bits per heavy atom. The van der Waals surface area contributed by atoms with Crippen molar-refractivity contribution in [3.63, 3.8) is 0 Å². The van der Waals surface area contributed by atoms with Crippen LogP contribution in [0.15, 0.2) is 42.5 Å². The molecule has 0 bridgehead atoms. The first-order chi connectivity index (χ1) is 13.6. The summed E-state index contributed by atoms with van der Waals surface area (Å²) in [5, 5.41) is 9.60. The summed E-state index contributed by atoms with van der Waals surface area (Å²) in [6.45, 7) is 6.74. The van der Waals surface area contributed by atoms with Crippen LogP contribution in [0.5, 0.6) is 11.5 Å². The molecule has 0 spiro atoms. The summed E-state index contributed by atoms with van der Waals surface area (Å²) in [5.41, 5.74) is 2.26. The lowest BCUT2D eigenvalue weighted by atomic mass is 10.1. The van der Waals surface area contributed by atoms with Gasteiger partial charge in [-0.05, 0) is 36.2 Å². The fraction of sp³-hybridized carbons (Fsp3) is 0.409. The van der Waals surface area contributed by atoms with Crippen molar-refractivity contribution in [2.75, 3.05) is 44.2 Å². The summed E-state index contributed by atoms with van der Waals surface area (Å²) in [7, 11) is 0. The standard InChI is InChI=1S/C22H26N2O4/c1-2-16-7-8-19(18(13-16)22(25)26)24-11-9-23(10-12-24)14-17-15-27-20-5-3-4-6-21(20)28-17/h3-8,13,17H,2,9-12,14-15H2,1H3,(H,25,26). The number of para-hydroxylation sites is 2. The summed E-state index contributed by atoms with van der Waals surface area (Å²) in [6, 6.07) is 13.5. The quantitative estimate of drug-likeness (QED) is 0.858. The van der Waals surface area contributed by atoms with Crippen LogP contribution in [0.4, 0.5) is 5.69 Å². The molecule has 2 aliphatic rings. The molecule has 1 N–H and O–H groups in total. The van der Waals surface area contributed by atoms with Gasteiger partial charge in [0.2, 0.25) is 0 Å². The van der Waals surface area contributed by atoms with E-state index < -0.39 is 5.97 Å². The molecule has 28 heavy (non-hydrogen) atoms. The molecule has 1 atom stereocenters. The van der Waals surface area contributed by atoms with Gasteiger partial charge in [0.05, 0.1) is 11.3 Å². The molecule has 0 radical (unpaired) electrons. The van der Waals surface area contributed by atoms with E-state index in [1.165, 1.54) is 0 Å². The van der Waals surface area contributed by atoms with E-state index in [-0.39, 0.29) is 6.10 Å². The van der Waals surface area contributed by atoms with Crippen LogP contribution >= 0.6 is 0 Å². The van der Waals surface area contributed by atoms with Gasteiger partial charge in [0.15, 0.2) is 11.5 Å². The molecular weight excluding hydrogens is 356 g/mol. The first-order valence-corrected chi connectivity index (χ1v) is 9.86. The zero-order valence-corrected chi connectivity index (χ0v) is 16.1. The van der Waals surface area contributed by atoms with Crippen LogP contribution in [0.3, 0.4) is 0 Å². The maximum absolute atomic E-state index is 11.7. The summed E-state index contributed by atoms with van der Waals surface area (Å²) < 4.78 is 11.9. The molecule has 0 saturated carbocycles. The Bertz CT molecular complexity index is 846. The number of fused-ring (bicyclic) bond motifs is 1. The molecule has 148 valence electrons. The van der Waals surface area contributed by atoms with Crippen LogP contribution in [0.1, 0.15) is 22.8 Å². The first-order valence-electron chi connectivity index (χ1n) is 9.86. The highest BCUT2D eigenvalue weighted by atomic mass is 16.6. The highest BCUT2D eigenvalue weighted by molar-refractivity contribution is 5.94. The predicted molar refractivity (Wildman–Crippen MR) is 108 cm³/mol. The molecule has 0 aromatic heterocycles. The largest absolute Gasteiger partial charge is 0.486 e. The fourth-order valence-electron chi connectivity index (χ4n) is 3.86. The number of rotatable bonds is 5. The lowest BCUT2D eigenvalue weighted by molar-refractivity contribution is 0.0571. The van der Waals surface area contributed by atoms with Crippen molar-refractivity contribution in [2.45, 2.75) is 19.4 Å². The minimum absolute atomic E-state index is 0.0138. The lowest BCUT2D eigenvalue weighted by Crippen LogP contribution is -2.51. The Labute approximate surface area is 165 Å². The molecule has 6 heteroatoms. The number of piperazine rings is 1. The van der Waals surface area contributed by atoms with E-state index in [4.69, 9.17) is 9.47 Å². The molecule has 2 aliphatic heterocycles. The molecule has 2 heterocycles. The third-order valence-electron chi connectivity index (χ3n) is 5.44. The second-order valence-electron chi connectivity index (χ2n) is 7.30. The van der Waals surface area contributed by atoms with Gasteiger partial charge in [0.25, 0.3) is 0 Å². The number of carboxylic acid groups (broad SMARTS) is 1. The first kappa shape index (κ1) is 18.6. The number of ether oxygens (including phenoxy) is 2. The highest BCUT2D eigenvalue weighted by Crippen LogP contribution is 2.31. The third-order valence-corrected chi connectivity index (χ3v) is 5.44. The topological polar surface area (TPSA) is 62.2 Å². The third kappa shape index (κ3) is 3.92. The van der Waals surface area contributed by atoms with E-state index in [1.807, 2.05) is 43.3 Å². The van der Waals surface area contributed by atoms with Crippen molar-refractivity contribution in [3.05, 3.63) is 53.6 Å². The Morgan fingerprint density at radius 2 is 1.86 bits per heavy atom. The smallest absolute Gasteiger partial charge is 0.337 e. The summed E-state index contributed by atoms with van der Waals surface area (Å²) in [5.74, 6) is 0.749. The number of aromatic carboxylic acids is 1. The molecule has 2 aromatic rings. The van der Waals surface area contributed by atoms with Gasteiger partial charge in [-0.3, -0.25) is 4.90 Å². The minimum Gasteiger partial charge on any atom is -0.486 e. The maximum Gasteiger partial charge on any atom is 0.337 e. The molecule has 0 aliphatic carbocycles. The van der Waals surface area contributed by atoms with E-state index in [9.17, 15) is 9.90 Å². The molecule has 6 nitrogen and oxygen atoms in total. The van der Waals surface area contributed by atoms with Crippen LogP contribution in [-0.2, 0) is 6.42 Å². The number of carbonyl (C=O) groups is 1. The van der Waals surface area contributed by atoms with Crippen molar-refractivity contribution in [3.8, 4) is 11.5 Å². The number of hydrogen-bond acceptors (Lipinski definition) is 5. The zero-order valence-electron chi connectivity index (χ0n) is 16.1. The van der Waals surface area contributed by atoms with Gasteiger partial charge in [0, 0.05) is 32.7 Å². The number of nitrogens with zero attached hydrogens (tertiary/aromatic N) is 2. The molecular formula is C22H26N2O4. The van der Waals surface area contributed by atoms with Crippen molar-refractivity contribution < 1.29 is 19.4 Å². The molecule has 1 fully saturated rings. The van der Waals surface area contributed by atoms with Crippen molar-refractivity contribution >= 4 is 11.7 Å². The SMILES string of the molecule is CCc1ccc(N2CCN(CC3COc4ccccc4O3)CC2)c(C(=O)O)c1. The monoisotopic (exact) mass is 382 g/mol. The van der Waals surface area contributed by atoms with Gasteiger partial charge >= 0.3 is 5.97 Å². The fourth-order valence-corrected chi connectivity index (χ4v) is 3.86. The number of carboxylic acids is 1. The molecule has 1 unspecified atom stereocenters. The van der Waals surface area contributed by atoms with E-state index in [0.717, 1.165) is 61.9 Å². The van der Waals surface area contributed by atoms with Gasteiger partial charge in [-0.25, -0.2) is 4.79 Å². The maximum atomic E-state index is 11.7. The summed E-state index contributed by atoms with van der Waals surface area (Å²) >= 11 is 0. The Morgan fingerprint density at radius 1 is 1.11 bits per heavy atom. The van der Waals surface area contributed by atoms with Crippen molar-refractivity contribution in [1.29, 1.82) is 0 Å². The van der Waals surface area contributed by atoms with E-state index in [0.29, 0.717) is 12.2 Å². The van der Waals surface area contributed by atoms with Gasteiger partial charge in [0.1, 0.15) is 12.7 Å². The van der Waals surface area contributed by atoms with Crippen LogP contribution in [0.2, 0.25) is 0 Å².